The lowest BCUT2D eigenvalue weighted by atomic mass is 10.1. The average molecular weight is 227 g/mol. The number of rotatable bonds is 4. The number of thioether (sulfide) groups is 1. The van der Waals surface area contributed by atoms with Crippen LogP contribution in [0.4, 0.5) is 4.39 Å². The highest BCUT2D eigenvalue weighted by molar-refractivity contribution is 7.97. The second kappa shape index (κ2) is 5.60. The minimum Gasteiger partial charge on any atom is -0.370 e. The third kappa shape index (κ3) is 3.79. The number of guanidine groups is 1. The SMILES string of the molecule is CSCc1cc(F)ccc1CN=C(N)N. The Labute approximate surface area is 92.8 Å². The molecule has 1 aromatic carbocycles. The van der Waals surface area contributed by atoms with Gasteiger partial charge in [-0.3, -0.25) is 0 Å². The van der Waals surface area contributed by atoms with E-state index in [1.54, 1.807) is 17.8 Å². The van der Waals surface area contributed by atoms with E-state index < -0.39 is 0 Å². The van der Waals surface area contributed by atoms with E-state index in [0.29, 0.717) is 6.54 Å². The first kappa shape index (κ1) is 11.8. The smallest absolute Gasteiger partial charge is 0.186 e. The maximum atomic E-state index is 13.0. The molecule has 0 aromatic heterocycles. The highest BCUT2D eigenvalue weighted by atomic mass is 32.2. The van der Waals surface area contributed by atoms with Gasteiger partial charge in [0.1, 0.15) is 5.82 Å². The topological polar surface area (TPSA) is 64.4 Å². The van der Waals surface area contributed by atoms with Crippen LogP contribution in [0, 0.1) is 5.82 Å². The maximum absolute atomic E-state index is 13.0. The Morgan fingerprint density at radius 3 is 2.73 bits per heavy atom. The number of hydrogen-bond acceptors (Lipinski definition) is 2. The number of nitrogens with zero attached hydrogens (tertiary/aromatic N) is 1. The van der Waals surface area contributed by atoms with E-state index in [1.165, 1.54) is 12.1 Å². The second-order valence-electron chi connectivity index (χ2n) is 3.09. The number of benzene rings is 1. The third-order valence-corrected chi connectivity index (χ3v) is 2.50. The van der Waals surface area contributed by atoms with Crippen LogP contribution in [0.15, 0.2) is 23.2 Å². The summed E-state index contributed by atoms with van der Waals surface area (Å²) in [4.78, 5) is 3.91. The zero-order valence-electron chi connectivity index (χ0n) is 8.53. The van der Waals surface area contributed by atoms with Crippen molar-refractivity contribution in [2.24, 2.45) is 16.5 Å². The average Bonchev–Trinajstić information content (AvgIpc) is 2.17. The van der Waals surface area contributed by atoms with E-state index in [2.05, 4.69) is 4.99 Å². The molecule has 0 bridgehead atoms. The Bertz CT molecular complexity index is 362. The van der Waals surface area contributed by atoms with E-state index >= 15 is 0 Å². The summed E-state index contributed by atoms with van der Waals surface area (Å²) >= 11 is 1.63. The molecule has 0 atom stereocenters. The van der Waals surface area contributed by atoms with Crippen molar-refractivity contribution in [3.05, 3.63) is 35.1 Å². The molecule has 5 heteroatoms. The summed E-state index contributed by atoms with van der Waals surface area (Å²) in [6.45, 7) is 0.401. The van der Waals surface area contributed by atoms with Crippen molar-refractivity contribution in [1.29, 1.82) is 0 Å². The molecule has 0 heterocycles. The molecule has 4 N–H and O–H groups in total. The minimum atomic E-state index is -0.229. The molecule has 0 aliphatic heterocycles. The number of halogens is 1. The quantitative estimate of drug-likeness (QED) is 0.604. The molecule has 0 aliphatic rings. The normalized spacial score (nSPS) is 10.0. The van der Waals surface area contributed by atoms with Gasteiger partial charge in [-0.25, -0.2) is 9.38 Å². The Kier molecular flexibility index (Phi) is 4.42. The fourth-order valence-corrected chi connectivity index (χ4v) is 1.79. The van der Waals surface area contributed by atoms with Crippen molar-refractivity contribution in [1.82, 2.24) is 0 Å². The van der Waals surface area contributed by atoms with Crippen LogP contribution >= 0.6 is 11.8 Å². The minimum absolute atomic E-state index is 0.0504. The van der Waals surface area contributed by atoms with Gasteiger partial charge in [0.15, 0.2) is 5.96 Å². The van der Waals surface area contributed by atoms with E-state index in [4.69, 9.17) is 11.5 Å². The van der Waals surface area contributed by atoms with Crippen molar-refractivity contribution in [3.8, 4) is 0 Å². The highest BCUT2D eigenvalue weighted by Gasteiger charge is 2.03. The van der Waals surface area contributed by atoms with E-state index in [0.717, 1.165) is 16.9 Å². The van der Waals surface area contributed by atoms with Gasteiger partial charge in [-0.2, -0.15) is 11.8 Å². The molecule has 0 aliphatic carbocycles. The molecule has 82 valence electrons. The predicted octanol–water partition coefficient (Wildman–Crippen LogP) is 1.46. The summed E-state index contributed by atoms with van der Waals surface area (Å²) in [6, 6.07) is 4.66. The van der Waals surface area contributed by atoms with Crippen molar-refractivity contribution in [2.75, 3.05) is 6.26 Å². The van der Waals surface area contributed by atoms with Crippen LogP contribution < -0.4 is 11.5 Å². The summed E-state index contributed by atoms with van der Waals surface area (Å²) in [5.41, 5.74) is 12.4. The predicted molar refractivity (Wildman–Crippen MR) is 63.1 cm³/mol. The van der Waals surface area contributed by atoms with Crippen molar-refractivity contribution in [2.45, 2.75) is 12.3 Å². The van der Waals surface area contributed by atoms with Crippen molar-refractivity contribution >= 4 is 17.7 Å². The molecule has 0 fully saturated rings. The fourth-order valence-electron chi connectivity index (χ4n) is 1.22. The molecule has 3 nitrogen and oxygen atoms in total. The van der Waals surface area contributed by atoms with Crippen LogP contribution in [0.2, 0.25) is 0 Å². The van der Waals surface area contributed by atoms with Crippen LogP contribution in [0.25, 0.3) is 0 Å². The summed E-state index contributed by atoms with van der Waals surface area (Å²) in [7, 11) is 0. The van der Waals surface area contributed by atoms with Crippen LogP contribution in [0.5, 0.6) is 0 Å². The Morgan fingerprint density at radius 1 is 1.40 bits per heavy atom. The third-order valence-electron chi connectivity index (χ3n) is 1.90. The molecule has 0 radical (unpaired) electrons. The summed E-state index contributed by atoms with van der Waals surface area (Å²) < 4.78 is 13.0. The molecule has 1 aromatic rings. The summed E-state index contributed by atoms with van der Waals surface area (Å²) in [5, 5.41) is 0. The Balaban J connectivity index is 2.90. The van der Waals surface area contributed by atoms with E-state index in [-0.39, 0.29) is 11.8 Å². The second-order valence-corrected chi connectivity index (χ2v) is 3.95. The molecule has 0 saturated carbocycles. The zero-order valence-corrected chi connectivity index (χ0v) is 9.35. The molecule has 0 saturated heterocycles. The van der Waals surface area contributed by atoms with Gasteiger partial charge in [0, 0.05) is 5.75 Å². The van der Waals surface area contributed by atoms with Gasteiger partial charge in [0.05, 0.1) is 6.54 Å². The van der Waals surface area contributed by atoms with Crippen LogP contribution in [-0.4, -0.2) is 12.2 Å². The molecule has 0 amide bonds. The van der Waals surface area contributed by atoms with Crippen molar-refractivity contribution < 1.29 is 4.39 Å². The van der Waals surface area contributed by atoms with Gasteiger partial charge in [0.2, 0.25) is 0 Å². The first-order chi connectivity index (χ1) is 7.13. The van der Waals surface area contributed by atoms with Crippen LogP contribution in [-0.2, 0) is 12.3 Å². The van der Waals surface area contributed by atoms with Gasteiger partial charge in [-0.15, -0.1) is 0 Å². The van der Waals surface area contributed by atoms with Gasteiger partial charge < -0.3 is 11.5 Å². The molecular weight excluding hydrogens is 213 g/mol. The lowest BCUT2D eigenvalue weighted by molar-refractivity contribution is 0.625. The van der Waals surface area contributed by atoms with Gasteiger partial charge in [-0.1, -0.05) is 6.07 Å². The first-order valence-electron chi connectivity index (χ1n) is 4.45. The molecule has 1 rings (SSSR count). The largest absolute Gasteiger partial charge is 0.370 e. The van der Waals surface area contributed by atoms with Crippen LogP contribution in [0.1, 0.15) is 11.1 Å². The van der Waals surface area contributed by atoms with Gasteiger partial charge >= 0.3 is 0 Å². The van der Waals surface area contributed by atoms with Crippen LogP contribution in [0.3, 0.4) is 0 Å². The maximum Gasteiger partial charge on any atom is 0.186 e. The molecule has 15 heavy (non-hydrogen) atoms. The van der Waals surface area contributed by atoms with Gasteiger partial charge in [-0.05, 0) is 29.5 Å². The number of nitrogens with two attached hydrogens (primary N) is 2. The Morgan fingerprint density at radius 2 is 2.13 bits per heavy atom. The van der Waals surface area contributed by atoms with Gasteiger partial charge in [0.25, 0.3) is 0 Å². The van der Waals surface area contributed by atoms with E-state index in [9.17, 15) is 4.39 Å². The number of hydrogen-bond donors (Lipinski definition) is 2. The lowest BCUT2D eigenvalue weighted by Gasteiger charge is -2.06. The fraction of sp³-hybridized carbons (Fsp3) is 0.300. The molecule has 0 spiro atoms. The molecule has 0 unspecified atom stereocenters. The monoisotopic (exact) mass is 227 g/mol. The number of aliphatic imine (C=N–C) groups is 1. The highest BCUT2D eigenvalue weighted by Crippen LogP contribution is 2.17. The molecular formula is C10H14FN3S. The van der Waals surface area contributed by atoms with E-state index in [1.807, 2.05) is 6.26 Å². The lowest BCUT2D eigenvalue weighted by Crippen LogP contribution is -2.22. The first-order valence-corrected chi connectivity index (χ1v) is 5.84. The summed E-state index contributed by atoms with van der Waals surface area (Å²) in [5.74, 6) is 0.578. The summed E-state index contributed by atoms with van der Waals surface area (Å²) in [6.07, 6.45) is 1.97. The van der Waals surface area contributed by atoms with Crippen molar-refractivity contribution in [3.63, 3.8) is 0 Å². The standard InChI is InChI=1S/C10H14FN3S/c1-15-6-8-4-9(11)3-2-7(8)5-14-10(12)13/h2-4H,5-6H2,1H3,(H4,12,13,14). The Hall–Kier alpha value is -1.23. The zero-order chi connectivity index (χ0) is 11.3.